The minimum absolute atomic E-state index is 0.377. The number of nitrogens with zero attached hydrogens (tertiary/aromatic N) is 4. The Morgan fingerprint density at radius 2 is 0.689 bits per heavy atom. The summed E-state index contributed by atoms with van der Waals surface area (Å²) in [5, 5.41) is -1.37. The van der Waals surface area contributed by atoms with Crippen molar-refractivity contribution in [2.24, 2.45) is 0 Å². The van der Waals surface area contributed by atoms with Gasteiger partial charge in [0.1, 0.15) is 47.5 Å². The van der Waals surface area contributed by atoms with Gasteiger partial charge in [-0.2, -0.15) is 0 Å². The van der Waals surface area contributed by atoms with E-state index in [1.54, 1.807) is 0 Å². The van der Waals surface area contributed by atoms with Gasteiger partial charge in [-0.15, -0.1) is 21.8 Å². The highest BCUT2D eigenvalue weighted by Gasteiger charge is 2.31. The molecule has 6 rings (SSSR count). The molecule has 0 atom stereocenters. The predicted octanol–water partition coefficient (Wildman–Crippen LogP) is 13.0. The van der Waals surface area contributed by atoms with E-state index >= 15 is 0 Å². The van der Waals surface area contributed by atoms with Crippen LogP contribution < -0.4 is 20.0 Å². The Hall–Kier alpha value is -3.54. The van der Waals surface area contributed by atoms with Gasteiger partial charge in [-0.1, -0.05) is 184 Å². The Morgan fingerprint density at radius 1 is 0.410 bits per heavy atom. The molecular weight excluding hydrogens is 888 g/mol. The molecule has 0 radical (unpaired) electrons. The predicted molar refractivity (Wildman–Crippen MR) is 272 cm³/mol. The van der Waals surface area contributed by atoms with E-state index in [0.29, 0.717) is 56.0 Å². The number of benzene rings is 4. The summed E-state index contributed by atoms with van der Waals surface area (Å²) >= 11 is 2.93. The van der Waals surface area contributed by atoms with Gasteiger partial charge in [0.15, 0.2) is 0 Å². The van der Waals surface area contributed by atoms with Gasteiger partial charge in [0, 0.05) is 49.9 Å². The quantitative estimate of drug-likeness (QED) is 0.0448. The highest BCUT2D eigenvalue weighted by molar-refractivity contribution is 14.1. The summed E-state index contributed by atoms with van der Waals surface area (Å²) in [4.78, 5) is 0. The van der Waals surface area contributed by atoms with Crippen LogP contribution in [0.2, 0.25) is 0 Å². The van der Waals surface area contributed by atoms with Crippen molar-refractivity contribution in [3.8, 4) is 22.7 Å². The molecule has 0 fully saturated rings. The number of imidazole rings is 2. The molecule has 0 saturated carbocycles. The van der Waals surface area contributed by atoms with Gasteiger partial charge < -0.3 is 0 Å². The zero-order valence-electron chi connectivity index (χ0n) is 40.0. The molecule has 2 aromatic heterocycles. The van der Waals surface area contributed by atoms with E-state index in [9.17, 15) is 0 Å². The molecule has 6 aromatic rings. The van der Waals surface area contributed by atoms with E-state index in [4.69, 9.17) is 0 Å². The Balaban J connectivity index is 1.84. The summed E-state index contributed by atoms with van der Waals surface area (Å²) in [6, 6.07) is 28.1. The summed E-state index contributed by atoms with van der Waals surface area (Å²) < 4.78 is 10.5. The first-order valence-electron chi connectivity index (χ1n) is 23.0. The maximum atomic E-state index is 2.93. The molecule has 7 heteroatoms. The maximum Gasteiger partial charge on any atom is 0.224 e. The summed E-state index contributed by atoms with van der Waals surface area (Å²) in [5.74, 6) is 3.02. The lowest BCUT2D eigenvalue weighted by atomic mass is 9.92. The summed E-state index contributed by atoms with van der Waals surface area (Å²) in [6.45, 7) is 37.7. The van der Waals surface area contributed by atoms with E-state index < -0.39 is 5.39 Å². The van der Waals surface area contributed by atoms with Crippen molar-refractivity contribution in [2.45, 2.75) is 158 Å². The fourth-order valence-electron chi connectivity index (χ4n) is 9.15. The van der Waals surface area contributed by atoms with Crippen molar-refractivity contribution in [1.29, 1.82) is 0 Å². The monoisotopic (exact) mass is 959 g/mol. The minimum Gasteiger partial charge on any atom is -0.282 e. The molecule has 0 aliphatic carbocycles. The van der Waals surface area contributed by atoms with Crippen LogP contribution in [0.1, 0.15) is 203 Å². The van der Waals surface area contributed by atoms with Crippen LogP contribution in [-0.2, 0) is 0 Å². The highest BCUT2D eigenvalue weighted by Crippen LogP contribution is 2.34. The van der Waals surface area contributed by atoms with Gasteiger partial charge in [-0.25, -0.2) is 18.3 Å². The number of halogens is 1. The number of hydrogen-bond acceptors (Lipinski definition) is 0. The molecule has 0 N–H and O–H groups in total. The third kappa shape index (κ3) is 9.26. The summed E-state index contributed by atoms with van der Waals surface area (Å²) in [6.07, 6.45) is 9.59. The fourth-order valence-corrected chi connectivity index (χ4v) is 17.0. The van der Waals surface area contributed by atoms with Crippen LogP contribution in [0.5, 0.6) is 0 Å². The van der Waals surface area contributed by atoms with Gasteiger partial charge in [-0.05, 0) is 47.3 Å². The first-order valence-corrected chi connectivity index (χ1v) is 29.6. The molecule has 4 nitrogen and oxygen atoms in total. The Labute approximate surface area is 385 Å². The van der Waals surface area contributed by atoms with Crippen LogP contribution in [-0.4, -0.2) is 23.1 Å². The molecule has 0 unspecified atom stereocenters. The largest absolute Gasteiger partial charge is 0.282 e. The number of para-hydroxylation sites is 4. The first kappa shape index (κ1) is 47.0. The molecule has 0 spiro atoms. The van der Waals surface area contributed by atoms with E-state index in [2.05, 4.69) is 248 Å². The molecule has 2 heterocycles. The van der Waals surface area contributed by atoms with E-state index in [0.717, 1.165) is 0 Å². The van der Waals surface area contributed by atoms with Crippen molar-refractivity contribution in [3.05, 3.63) is 142 Å². The molecule has 322 valence electrons. The van der Waals surface area contributed by atoms with Crippen molar-refractivity contribution in [3.63, 3.8) is 0 Å². The lowest BCUT2D eigenvalue weighted by molar-refractivity contribution is -0.577. The second-order valence-electron chi connectivity index (χ2n) is 19.5. The van der Waals surface area contributed by atoms with Gasteiger partial charge in [0.2, 0.25) is 5.45 Å². The third-order valence-corrected chi connectivity index (χ3v) is 20.1. The average molecular weight is 960 g/mol. The molecule has 0 bridgehead atoms. The first-order chi connectivity index (χ1) is 28.9. The second kappa shape index (κ2) is 19.5. The van der Waals surface area contributed by atoms with E-state index in [-0.39, 0.29) is 0 Å². The third-order valence-electron chi connectivity index (χ3n) is 12.4. The Kier molecular flexibility index (Phi) is 15.0. The van der Waals surface area contributed by atoms with Crippen LogP contribution in [0.25, 0.3) is 22.7 Å². The van der Waals surface area contributed by atoms with Gasteiger partial charge in [0.25, 0.3) is 0 Å². The number of aromatic nitrogens is 4. The molecule has 0 amide bonds. The van der Waals surface area contributed by atoms with Crippen LogP contribution >= 0.6 is 21.8 Å². The van der Waals surface area contributed by atoms with Crippen LogP contribution in [0.4, 0.5) is 0 Å². The topological polar surface area (TPSA) is 17.6 Å². The zero-order valence-corrected chi connectivity index (χ0v) is 44.2. The lowest BCUT2D eigenvalue weighted by Gasteiger charge is -2.23. The average Bonchev–Trinajstić information content (AvgIpc) is 3.83. The molecular formula is C54H72IN4Si2+. The van der Waals surface area contributed by atoms with Crippen molar-refractivity contribution < 1.29 is 9.13 Å². The molecule has 4 aromatic carbocycles. The minimum atomic E-state index is -1.37. The number of hydrogen-bond donors (Lipinski definition) is 0. The molecule has 0 aliphatic heterocycles. The zero-order chi connectivity index (χ0) is 44.6. The summed E-state index contributed by atoms with van der Waals surface area (Å²) in [7, 11) is 0.526. The van der Waals surface area contributed by atoms with Crippen LogP contribution in [0.3, 0.4) is 0 Å². The number of rotatable bonds is 14. The standard InChI is InChI=1S/C54H72IN4Si2/c1-33(2)41-21-17-22-42(34(3)4)49(41)56-29-30-57(50-43(35(5)6)23-18-24-44(50)36(7)8)53(56)60-61(55)54-58(51-45(37(9)10)25-19-26-46(51)38(11)12)31-32-59(54)52-47(39(13)14)27-20-28-48(52)40(15)16/h17-40H,1-16H3/q+1. The SMILES string of the molecule is CC(C)c1cccc(C(C)C)c1-n1cc[n+](-c2c(C(C)C)cccc2C(C)C)c1[Si-]=[Si](I)c1n(-c2c(C(C)C)cccc2C(C)C)cc[n+]1-c1c(C(C)C)cccc1C(C)C. The molecule has 0 aliphatic rings. The van der Waals surface area contributed by atoms with Crippen LogP contribution in [0, 0.1) is 0 Å². The fraction of sp³-hybridized carbons (Fsp3) is 0.444. The highest BCUT2D eigenvalue weighted by atomic mass is 127. The van der Waals surface area contributed by atoms with Crippen molar-refractivity contribution >= 4 is 46.7 Å². The Morgan fingerprint density at radius 3 is 1.03 bits per heavy atom. The van der Waals surface area contributed by atoms with Crippen LogP contribution in [0.15, 0.2) is 97.6 Å². The second-order valence-corrected chi connectivity index (χ2v) is 29.9. The smallest absolute Gasteiger partial charge is 0.224 e. The van der Waals surface area contributed by atoms with Gasteiger partial charge in [0.05, 0.1) is 5.45 Å². The van der Waals surface area contributed by atoms with Crippen molar-refractivity contribution in [1.82, 2.24) is 9.13 Å². The Bertz CT molecular complexity index is 2260. The lowest BCUT2D eigenvalue weighted by Crippen LogP contribution is -2.57. The van der Waals surface area contributed by atoms with E-state index in [1.807, 2.05) is 0 Å². The van der Waals surface area contributed by atoms with Crippen molar-refractivity contribution in [2.75, 3.05) is 0 Å². The normalized spacial score (nSPS) is 12.6. The van der Waals surface area contributed by atoms with E-state index in [1.165, 1.54) is 78.2 Å². The summed E-state index contributed by atoms with van der Waals surface area (Å²) in [5.41, 5.74) is 19.5. The van der Waals surface area contributed by atoms with Gasteiger partial charge >= 0.3 is 0 Å². The van der Waals surface area contributed by atoms with Gasteiger partial charge in [-0.3, -0.25) is 8.61 Å². The maximum absolute atomic E-state index is 2.93. The molecule has 61 heavy (non-hydrogen) atoms. The molecule has 0 saturated heterocycles.